The number of nitrogen functional groups attached to an aromatic ring is 1. The Bertz CT molecular complexity index is 620. The number of carbonyl (C=O) groups is 1. The van der Waals surface area contributed by atoms with Crippen LogP contribution in [0, 0.1) is 0 Å². The lowest BCUT2D eigenvalue weighted by Gasteiger charge is -2.14. The molecule has 21 heavy (non-hydrogen) atoms. The summed E-state index contributed by atoms with van der Waals surface area (Å²) in [6.07, 6.45) is 1.70. The van der Waals surface area contributed by atoms with Crippen molar-refractivity contribution in [2.24, 2.45) is 0 Å². The first-order valence-electron chi connectivity index (χ1n) is 6.42. The Morgan fingerprint density at radius 1 is 1.38 bits per heavy atom. The van der Waals surface area contributed by atoms with E-state index in [1.165, 1.54) is 18.9 Å². The number of methoxy groups -OCH3 is 1. The minimum absolute atomic E-state index is 0.117. The molecule has 0 bridgehead atoms. The summed E-state index contributed by atoms with van der Waals surface area (Å²) in [5, 5.41) is 3.37. The highest BCUT2D eigenvalue weighted by Gasteiger charge is 2.16. The van der Waals surface area contributed by atoms with Crippen molar-refractivity contribution in [2.75, 3.05) is 18.2 Å². The van der Waals surface area contributed by atoms with Crippen molar-refractivity contribution in [3.63, 3.8) is 0 Å². The standard InChI is InChI=1S/C15H17N3O2S/c1-10(21-14-5-3-4-8-17-14)15(19)18-12-7-6-11(16)9-13(12)20-2/h3-10H,16H2,1-2H3,(H,18,19). The number of rotatable bonds is 5. The third kappa shape index (κ3) is 4.13. The van der Waals surface area contributed by atoms with Crippen molar-refractivity contribution >= 4 is 29.0 Å². The number of nitrogens with two attached hydrogens (primary N) is 1. The highest BCUT2D eigenvalue weighted by molar-refractivity contribution is 8.00. The van der Waals surface area contributed by atoms with Crippen molar-refractivity contribution in [2.45, 2.75) is 17.2 Å². The SMILES string of the molecule is COc1cc(N)ccc1NC(=O)C(C)Sc1ccccn1. The molecule has 0 saturated heterocycles. The van der Waals surface area contributed by atoms with E-state index in [2.05, 4.69) is 10.3 Å². The summed E-state index contributed by atoms with van der Waals surface area (Å²) >= 11 is 1.40. The fourth-order valence-electron chi connectivity index (χ4n) is 1.70. The second-order valence-corrected chi connectivity index (χ2v) is 5.74. The van der Waals surface area contributed by atoms with E-state index in [0.29, 0.717) is 17.1 Å². The van der Waals surface area contributed by atoms with Gasteiger partial charge in [-0.2, -0.15) is 0 Å². The zero-order valence-electron chi connectivity index (χ0n) is 11.9. The number of aromatic nitrogens is 1. The number of pyridine rings is 1. The second-order valence-electron chi connectivity index (χ2n) is 4.38. The lowest BCUT2D eigenvalue weighted by Crippen LogP contribution is -2.22. The third-order valence-corrected chi connectivity index (χ3v) is 3.84. The molecule has 0 fully saturated rings. The molecule has 1 aromatic heterocycles. The van der Waals surface area contributed by atoms with Gasteiger partial charge in [-0.3, -0.25) is 4.79 Å². The summed E-state index contributed by atoms with van der Waals surface area (Å²) in [5.74, 6) is 0.423. The molecule has 5 nitrogen and oxygen atoms in total. The average molecular weight is 303 g/mol. The van der Waals surface area contributed by atoms with Crippen LogP contribution in [0.3, 0.4) is 0 Å². The fourth-order valence-corrected chi connectivity index (χ4v) is 2.50. The van der Waals surface area contributed by atoms with Gasteiger partial charge in [-0.15, -0.1) is 0 Å². The maximum absolute atomic E-state index is 12.2. The Balaban J connectivity index is 2.04. The number of amides is 1. The number of thioether (sulfide) groups is 1. The van der Waals surface area contributed by atoms with Crippen LogP contribution in [0.4, 0.5) is 11.4 Å². The molecular formula is C15H17N3O2S. The Labute approximate surface area is 127 Å². The first kappa shape index (κ1) is 15.2. The van der Waals surface area contributed by atoms with Gasteiger partial charge in [0.25, 0.3) is 0 Å². The molecule has 1 amide bonds. The number of nitrogens with zero attached hydrogens (tertiary/aromatic N) is 1. The van der Waals surface area contributed by atoms with Gasteiger partial charge in [0.15, 0.2) is 0 Å². The summed E-state index contributed by atoms with van der Waals surface area (Å²) in [6, 6.07) is 10.7. The molecular weight excluding hydrogens is 286 g/mol. The van der Waals surface area contributed by atoms with E-state index in [9.17, 15) is 4.79 Å². The van der Waals surface area contributed by atoms with Gasteiger partial charge in [-0.1, -0.05) is 17.8 Å². The van der Waals surface area contributed by atoms with Gasteiger partial charge in [0.2, 0.25) is 5.91 Å². The molecule has 0 spiro atoms. The first-order valence-corrected chi connectivity index (χ1v) is 7.30. The van der Waals surface area contributed by atoms with E-state index in [0.717, 1.165) is 5.03 Å². The van der Waals surface area contributed by atoms with Crippen molar-refractivity contribution in [3.05, 3.63) is 42.6 Å². The Hall–Kier alpha value is -2.21. The Morgan fingerprint density at radius 3 is 2.86 bits per heavy atom. The third-order valence-electron chi connectivity index (χ3n) is 2.79. The zero-order valence-corrected chi connectivity index (χ0v) is 12.7. The smallest absolute Gasteiger partial charge is 0.237 e. The van der Waals surface area contributed by atoms with Gasteiger partial charge in [-0.25, -0.2) is 4.98 Å². The molecule has 1 unspecified atom stereocenters. The van der Waals surface area contributed by atoms with E-state index in [4.69, 9.17) is 10.5 Å². The number of hydrogen-bond acceptors (Lipinski definition) is 5. The van der Waals surface area contributed by atoms with Crippen LogP contribution in [-0.4, -0.2) is 23.3 Å². The molecule has 1 aromatic carbocycles. The summed E-state index contributed by atoms with van der Waals surface area (Å²) in [4.78, 5) is 16.4. The predicted molar refractivity (Wildman–Crippen MR) is 85.6 cm³/mol. The Kier molecular flexibility index (Phi) is 5.05. The molecule has 2 aromatic rings. The zero-order chi connectivity index (χ0) is 15.2. The number of anilines is 2. The fraction of sp³-hybridized carbons (Fsp3) is 0.200. The van der Waals surface area contributed by atoms with Crippen molar-refractivity contribution in [1.82, 2.24) is 4.98 Å². The molecule has 0 aliphatic heterocycles. The number of hydrogen-bond donors (Lipinski definition) is 2. The Morgan fingerprint density at radius 2 is 2.19 bits per heavy atom. The second kappa shape index (κ2) is 6.99. The summed E-state index contributed by atoms with van der Waals surface area (Å²) in [6.45, 7) is 1.83. The van der Waals surface area contributed by atoms with E-state index in [1.54, 1.807) is 24.4 Å². The molecule has 110 valence electrons. The molecule has 0 saturated carbocycles. The maximum Gasteiger partial charge on any atom is 0.237 e. The largest absolute Gasteiger partial charge is 0.494 e. The van der Waals surface area contributed by atoms with Gasteiger partial charge < -0.3 is 15.8 Å². The molecule has 0 aliphatic carbocycles. The number of carbonyl (C=O) groups excluding carboxylic acids is 1. The van der Waals surface area contributed by atoms with E-state index >= 15 is 0 Å². The highest BCUT2D eigenvalue weighted by atomic mass is 32.2. The van der Waals surface area contributed by atoms with E-state index in [-0.39, 0.29) is 11.2 Å². The first-order chi connectivity index (χ1) is 10.1. The maximum atomic E-state index is 12.2. The van der Waals surface area contributed by atoms with Crippen LogP contribution in [-0.2, 0) is 4.79 Å². The number of benzene rings is 1. The average Bonchev–Trinajstić information content (AvgIpc) is 2.49. The van der Waals surface area contributed by atoms with Gasteiger partial charge in [0.05, 0.1) is 23.1 Å². The van der Waals surface area contributed by atoms with Gasteiger partial charge in [0, 0.05) is 18.0 Å². The molecule has 0 aliphatic rings. The van der Waals surface area contributed by atoms with Crippen LogP contribution >= 0.6 is 11.8 Å². The number of nitrogens with one attached hydrogen (secondary N) is 1. The lowest BCUT2D eigenvalue weighted by molar-refractivity contribution is -0.115. The van der Waals surface area contributed by atoms with Crippen LogP contribution < -0.4 is 15.8 Å². The molecule has 6 heteroatoms. The van der Waals surface area contributed by atoms with Gasteiger partial charge >= 0.3 is 0 Å². The monoisotopic (exact) mass is 303 g/mol. The topological polar surface area (TPSA) is 77.2 Å². The van der Waals surface area contributed by atoms with E-state index in [1.807, 2.05) is 25.1 Å². The minimum Gasteiger partial charge on any atom is -0.494 e. The molecule has 1 heterocycles. The molecule has 3 N–H and O–H groups in total. The van der Waals surface area contributed by atoms with Crippen LogP contribution in [0.25, 0.3) is 0 Å². The normalized spacial score (nSPS) is 11.7. The van der Waals surface area contributed by atoms with Gasteiger partial charge in [-0.05, 0) is 31.2 Å². The minimum atomic E-state index is -0.276. The quantitative estimate of drug-likeness (QED) is 0.656. The van der Waals surface area contributed by atoms with Crippen molar-refractivity contribution in [3.8, 4) is 5.75 Å². The van der Waals surface area contributed by atoms with Crippen LogP contribution in [0.1, 0.15) is 6.92 Å². The van der Waals surface area contributed by atoms with Gasteiger partial charge in [0.1, 0.15) is 5.75 Å². The van der Waals surface area contributed by atoms with Crippen LogP contribution in [0.2, 0.25) is 0 Å². The predicted octanol–water partition coefficient (Wildman–Crippen LogP) is 2.79. The molecule has 1 atom stereocenters. The summed E-state index contributed by atoms with van der Waals surface area (Å²) < 4.78 is 5.21. The number of ether oxygens (including phenoxy) is 1. The van der Waals surface area contributed by atoms with Crippen LogP contribution in [0.15, 0.2) is 47.6 Å². The molecule has 2 rings (SSSR count). The molecule has 0 radical (unpaired) electrons. The van der Waals surface area contributed by atoms with Crippen LogP contribution in [0.5, 0.6) is 5.75 Å². The van der Waals surface area contributed by atoms with E-state index < -0.39 is 0 Å². The van der Waals surface area contributed by atoms with Crippen molar-refractivity contribution in [1.29, 1.82) is 0 Å². The highest BCUT2D eigenvalue weighted by Crippen LogP contribution is 2.28. The lowest BCUT2D eigenvalue weighted by atomic mass is 10.2. The van der Waals surface area contributed by atoms with Crippen molar-refractivity contribution < 1.29 is 9.53 Å². The summed E-state index contributed by atoms with van der Waals surface area (Å²) in [5.41, 5.74) is 6.88. The summed E-state index contributed by atoms with van der Waals surface area (Å²) in [7, 11) is 1.54.